The molecule has 7 nitrogen and oxygen atoms in total. The Morgan fingerprint density at radius 3 is 2.49 bits per heavy atom. The first-order valence-electron chi connectivity index (χ1n) is 12.2. The van der Waals surface area contributed by atoms with Crippen molar-refractivity contribution in [3.05, 3.63) is 76.7 Å². The normalized spacial score (nSPS) is 14.3. The van der Waals surface area contributed by atoms with Crippen LogP contribution in [0, 0.1) is 0 Å². The van der Waals surface area contributed by atoms with E-state index in [-0.39, 0.29) is 16.7 Å². The van der Waals surface area contributed by atoms with Crippen LogP contribution in [0.1, 0.15) is 38.8 Å². The summed E-state index contributed by atoms with van der Waals surface area (Å²) in [5.74, 6) is 0.484. The summed E-state index contributed by atoms with van der Waals surface area (Å²) in [4.78, 5) is 33.5. The van der Waals surface area contributed by atoms with Crippen molar-refractivity contribution < 1.29 is 4.79 Å². The fourth-order valence-corrected chi connectivity index (χ4v) is 5.70. The number of amides is 1. The van der Waals surface area contributed by atoms with Crippen molar-refractivity contribution in [2.45, 2.75) is 56.5 Å². The molecule has 3 aliphatic heterocycles. The van der Waals surface area contributed by atoms with E-state index in [0.29, 0.717) is 17.9 Å². The molecule has 0 saturated carbocycles. The number of rotatable bonds is 6. The first-order valence-corrected chi connectivity index (χ1v) is 13.1. The van der Waals surface area contributed by atoms with E-state index >= 15 is 0 Å². The van der Waals surface area contributed by atoms with Gasteiger partial charge in [-0.15, -0.1) is 5.10 Å². The number of anilines is 1. The Morgan fingerprint density at radius 2 is 1.77 bits per heavy atom. The van der Waals surface area contributed by atoms with Gasteiger partial charge in [-0.2, -0.15) is 4.68 Å². The van der Waals surface area contributed by atoms with E-state index in [9.17, 15) is 9.59 Å². The summed E-state index contributed by atoms with van der Waals surface area (Å²) in [7, 11) is 0. The summed E-state index contributed by atoms with van der Waals surface area (Å²) < 4.78 is 3.60. The largest absolute Gasteiger partial charge is 0.324 e. The number of carbonyl (C=O) groups is 1. The molecule has 2 aromatic rings. The number of carbonyl (C=O) groups excluding carboxylic acids is 1. The number of hydrogen-bond acceptors (Lipinski definition) is 5. The van der Waals surface area contributed by atoms with Crippen molar-refractivity contribution in [2.24, 2.45) is 0 Å². The molecule has 0 radical (unpaired) electrons. The van der Waals surface area contributed by atoms with Crippen LogP contribution in [-0.2, 0) is 17.8 Å². The number of thioether (sulfide) groups is 1. The van der Waals surface area contributed by atoms with Crippen molar-refractivity contribution in [1.82, 2.24) is 19.3 Å². The topological polar surface area (TPSA) is 73.0 Å². The van der Waals surface area contributed by atoms with Gasteiger partial charge in [0.2, 0.25) is 5.91 Å². The lowest BCUT2D eigenvalue weighted by atomic mass is 10.1. The molecule has 1 atom stereocenters. The van der Waals surface area contributed by atoms with Crippen LogP contribution in [-0.4, -0.2) is 37.0 Å². The smallest absolute Gasteiger partial charge is 0.284 e. The molecule has 0 bridgehead atoms. The number of nitrogens with zero attached hydrogens (tertiary/aromatic N) is 5. The van der Waals surface area contributed by atoms with Crippen LogP contribution in [0.2, 0.25) is 0 Å². The Hall–Kier alpha value is -3.39. The highest BCUT2D eigenvalue weighted by Crippen LogP contribution is 2.33. The first kappa shape index (κ1) is 23.4. The van der Waals surface area contributed by atoms with Crippen molar-refractivity contribution in [2.75, 3.05) is 11.4 Å². The predicted molar refractivity (Wildman–Crippen MR) is 140 cm³/mol. The summed E-state index contributed by atoms with van der Waals surface area (Å²) in [6, 6.07) is 19.2. The Balaban J connectivity index is 1.55. The van der Waals surface area contributed by atoms with Crippen LogP contribution < -0.4 is 10.5 Å². The van der Waals surface area contributed by atoms with E-state index in [1.165, 1.54) is 16.4 Å². The molecule has 0 spiro atoms. The number of para-hydroxylation sites is 2. The molecule has 3 heterocycles. The second kappa shape index (κ2) is 10.1. The highest BCUT2D eigenvalue weighted by molar-refractivity contribution is 8.00. The minimum atomic E-state index is -0.345. The zero-order valence-corrected chi connectivity index (χ0v) is 20.9. The van der Waals surface area contributed by atoms with Gasteiger partial charge in [-0.05, 0) is 57.4 Å². The van der Waals surface area contributed by atoms with E-state index in [1.54, 1.807) is 4.90 Å². The fraction of sp³-hybridized carbons (Fsp3) is 0.333. The highest BCUT2D eigenvalue weighted by atomic mass is 32.2. The molecule has 2 aromatic carbocycles. The van der Waals surface area contributed by atoms with Crippen LogP contribution in [0.25, 0.3) is 17.1 Å². The molecule has 180 valence electrons. The van der Waals surface area contributed by atoms with Gasteiger partial charge in [-0.1, -0.05) is 54.6 Å². The molecular weight excluding hydrogens is 458 g/mol. The number of hydrogen-bond donors (Lipinski definition) is 0. The van der Waals surface area contributed by atoms with Gasteiger partial charge in [0.15, 0.2) is 11.0 Å². The summed E-state index contributed by atoms with van der Waals surface area (Å²) in [5.41, 5.74) is 3.06. The third-order valence-electron chi connectivity index (χ3n) is 6.45. The number of fused-ring (bicyclic) bond motifs is 3. The second-order valence-electron chi connectivity index (χ2n) is 8.73. The van der Waals surface area contributed by atoms with Gasteiger partial charge < -0.3 is 9.47 Å². The molecule has 0 aliphatic carbocycles. The second-order valence-corrected chi connectivity index (χ2v) is 10.0. The van der Waals surface area contributed by atoms with Crippen LogP contribution in [0.4, 0.5) is 5.69 Å². The summed E-state index contributed by atoms with van der Waals surface area (Å²) in [5, 5.41) is 5.01. The SMILES string of the molecule is CCN(C(=O)[C@H](C)Sc1nc2nn(-c3ccccc3)c(=O)c-2c2n1CCCCC2)c1ccccc1. The van der Waals surface area contributed by atoms with Crippen LogP contribution in [0.15, 0.2) is 70.6 Å². The monoisotopic (exact) mass is 487 g/mol. The maximum absolute atomic E-state index is 13.4. The maximum Gasteiger partial charge on any atom is 0.284 e. The minimum Gasteiger partial charge on any atom is -0.324 e. The summed E-state index contributed by atoms with van der Waals surface area (Å²) in [6.07, 6.45) is 3.94. The zero-order valence-electron chi connectivity index (χ0n) is 20.1. The summed E-state index contributed by atoms with van der Waals surface area (Å²) >= 11 is 1.45. The molecule has 0 unspecified atom stereocenters. The molecule has 35 heavy (non-hydrogen) atoms. The number of aromatic nitrogens is 4. The van der Waals surface area contributed by atoms with Gasteiger partial charge in [0.25, 0.3) is 5.56 Å². The van der Waals surface area contributed by atoms with Gasteiger partial charge >= 0.3 is 0 Å². The van der Waals surface area contributed by atoms with Crippen molar-refractivity contribution in [3.63, 3.8) is 0 Å². The van der Waals surface area contributed by atoms with Gasteiger partial charge in [0, 0.05) is 24.5 Å². The van der Waals surface area contributed by atoms with E-state index in [4.69, 9.17) is 4.98 Å². The van der Waals surface area contributed by atoms with E-state index < -0.39 is 0 Å². The first-order chi connectivity index (χ1) is 17.1. The third kappa shape index (κ3) is 4.50. The molecule has 3 aliphatic rings. The van der Waals surface area contributed by atoms with Crippen molar-refractivity contribution in [3.8, 4) is 17.1 Å². The predicted octanol–water partition coefficient (Wildman–Crippen LogP) is 4.79. The fourth-order valence-electron chi connectivity index (χ4n) is 4.69. The van der Waals surface area contributed by atoms with Gasteiger partial charge in [-0.25, -0.2) is 4.98 Å². The van der Waals surface area contributed by atoms with Gasteiger partial charge in [-0.3, -0.25) is 9.59 Å². The Bertz CT molecular complexity index is 1350. The molecule has 0 fully saturated rings. The quantitative estimate of drug-likeness (QED) is 0.289. The Morgan fingerprint density at radius 1 is 1.06 bits per heavy atom. The van der Waals surface area contributed by atoms with Crippen molar-refractivity contribution >= 4 is 23.4 Å². The number of benzene rings is 2. The molecular formula is C27H29N5O2S. The highest BCUT2D eigenvalue weighted by Gasteiger charge is 2.29. The molecule has 0 aromatic heterocycles. The lowest BCUT2D eigenvalue weighted by molar-refractivity contribution is -0.117. The third-order valence-corrected chi connectivity index (χ3v) is 7.53. The average Bonchev–Trinajstić information content (AvgIpc) is 3.05. The lowest BCUT2D eigenvalue weighted by Crippen LogP contribution is -2.36. The van der Waals surface area contributed by atoms with Gasteiger partial charge in [0.05, 0.1) is 10.9 Å². The molecule has 0 saturated heterocycles. The van der Waals surface area contributed by atoms with Crippen LogP contribution in [0.5, 0.6) is 0 Å². The average molecular weight is 488 g/mol. The van der Waals surface area contributed by atoms with E-state index in [0.717, 1.165) is 54.5 Å². The molecule has 5 rings (SSSR count). The van der Waals surface area contributed by atoms with E-state index in [2.05, 4.69) is 9.67 Å². The maximum atomic E-state index is 13.4. The summed E-state index contributed by atoms with van der Waals surface area (Å²) in [6.45, 7) is 5.29. The Kier molecular flexibility index (Phi) is 6.72. The Labute approximate surface area is 209 Å². The van der Waals surface area contributed by atoms with Crippen molar-refractivity contribution in [1.29, 1.82) is 0 Å². The van der Waals surface area contributed by atoms with Gasteiger partial charge in [0.1, 0.15) is 5.56 Å². The lowest BCUT2D eigenvalue weighted by Gasteiger charge is -2.25. The van der Waals surface area contributed by atoms with E-state index in [1.807, 2.05) is 74.5 Å². The zero-order chi connectivity index (χ0) is 24.4. The van der Waals surface area contributed by atoms with Crippen LogP contribution >= 0.6 is 11.8 Å². The minimum absolute atomic E-state index is 0.0351. The standard InChI is InChI=1S/C27H29N5O2S/c1-3-30(20-13-7-4-8-14-20)25(33)19(2)35-27-28-24-23(22-17-11-6-12-18-31(22)27)26(34)32(29-24)21-15-9-5-10-16-21/h4-5,7-10,13-16,19H,3,6,11-12,17-18H2,1-2H3/t19-/m0/s1. The van der Waals surface area contributed by atoms with Crippen LogP contribution in [0.3, 0.4) is 0 Å². The molecule has 1 amide bonds. The molecule has 8 heteroatoms. The molecule has 0 N–H and O–H groups in total.